The van der Waals surface area contributed by atoms with Crippen molar-refractivity contribution < 1.29 is 9.26 Å². The van der Waals surface area contributed by atoms with E-state index < -0.39 is 0 Å². The van der Waals surface area contributed by atoms with E-state index in [1.165, 1.54) is 0 Å². The monoisotopic (exact) mass is 531 g/mol. The molecular weight excluding hydrogens is 498 g/mol. The molecule has 5 heterocycles. The van der Waals surface area contributed by atoms with Crippen LogP contribution in [0.4, 0.5) is 5.95 Å². The lowest BCUT2D eigenvalue weighted by atomic mass is 9.93. The van der Waals surface area contributed by atoms with E-state index in [1.54, 1.807) is 11.3 Å². The van der Waals surface area contributed by atoms with E-state index in [4.69, 9.17) is 19.2 Å². The molecule has 0 radical (unpaired) electrons. The Morgan fingerprint density at radius 3 is 2.58 bits per heavy atom. The van der Waals surface area contributed by atoms with Gasteiger partial charge in [-0.1, -0.05) is 61.5 Å². The lowest BCUT2D eigenvalue weighted by Crippen LogP contribution is -2.46. The maximum Gasteiger partial charge on any atom is 0.226 e. The van der Waals surface area contributed by atoms with Crippen molar-refractivity contribution in [1.29, 1.82) is 0 Å². The van der Waals surface area contributed by atoms with Gasteiger partial charge in [0.15, 0.2) is 4.96 Å². The molecule has 5 aromatic rings. The predicted molar refractivity (Wildman–Crippen MR) is 151 cm³/mol. The van der Waals surface area contributed by atoms with Gasteiger partial charge in [-0.2, -0.15) is 0 Å². The summed E-state index contributed by atoms with van der Waals surface area (Å²) in [4.78, 5) is 20.8. The van der Waals surface area contributed by atoms with Crippen LogP contribution in [0, 0.1) is 0 Å². The van der Waals surface area contributed by atoms with Crippen molar-refractivity contribution in [3.05, 3.63) is 48.5 Å². The topological polar surface area (TPSA) is 84.8 Å². The minimum absolute atomic E-state index is 0.0718. The number of morpholine rings is 1. The predicted octanol–water partition coefficient (Wildman–Crippen LogP) is 5.12. The van der Waals surface area contributed by atoms with Crippen molar-refractivity contribution in [2.45, 2.75) is 39.2 Å². The second kappa shape index (κ2) is 9.76. The molecule has 1 aromatic carbocycles. The zero-order valence-corrected chi connectivity index (χ0v) is 23.3. The maximum atomic E-state index is 5.55. The zero-order valence-electron chi connectivity index (χ0n) is 22.5. The third-order valence-corrected chi connectivity index (χ3v) is 8.10. The molecule has 1 aliphatic heterocycles. The summed E-state index contributed by atoms with van der Waals surface area (Å²) >= 11 is 1.59. The largest absolute Gasteiger partial charge is 0.379 e. The molecule has 0 unspecified atom stereocenters. The smallest absolute Gasteiger partial charge is 0.226 e. The van der Waals surface area contributed by atoms with Crippen molar-refractivity contribution in [3.8, 4) is 22.5 Å². The fraction of sp³-hybridized carbons (Fsp3) is 0.429. The van der Waals surface area contributed by atoms with Gasteiger partial charge in [0.25, 0.3) is 0 Å². The molecule has 10 heteroatoms. The molecular formula is C28H33N7O2S. The molecule has 0 spiro atoms. The molecule has 0 bridgehead atoms. The number of nitrogens with zero attached hydrogens (tertiary/aromatic N) is 7. The van der Waals surface area contributed by atoms with Crippen LogP contribution in [0.2, 0.25) is 0 Å². The molecule has 1 atom stereocenters. The Labute approximate surface area is 226 Å². The third-order valence-electron chi connectivity index (χ3n) is 7.14. The number of hydrogen-bond acceptors (Lipinski definition) is 9. The molecule has 198 valence electrons. The van der Waals surface area contributed by atoms with Gasteiger partial charge < -0.3 is 14.2 Å². The Bertz CT molecular complexity index is 1560. The zero-order chi connectivity index (χ0) is 26.4. The van der Waals surface area contributed by atoms with Crippen LogP contribution < -0.4 is 4.90 Å². The summed E-state index contributed by atoms with van der Waals surface area (Å²) in [7, 11) is 2.05. The van der Waals surface area contributed by atoms with E-state index >= 15 is 0 Å². The van der Waals surface area contributed by atoms with E-state index in [9.17, 15) is 0 Å². The first-order valence-corrected chi connectivity index (χ1v) is 13.8. The fourth-order valence-corrected chi connectivity index (χ4v) is 5.61. The summed E-state index contributed by atoms with van der Waals surface area (Å²) in [6, 6.07) is 10.7. The minimum Gasteiger partial charge on any atom is -0.379 e. The van der Waals surface area contributed by atoms with Crippen LogP contribution in [-0.2, 0) is 10.2 Å². The number of aromatic nitrogens is 5. The number of ether oxygens (including phenoxy) is 1. The number of anilines is 1. The van der Waals surface area contributed by atoms with Crippen LogP contribution in [-0.4, -0.2) is 75.3 Å². The maximum absolute atomic E-state index is 5.55. The highest BCUT2D eigenvalue weighted by Gasteiger charge is 2.21. The molecule has 6 rings (SSSR count). The number of fused-ring (bicyclic) bond motifs is 3. The molecule has 38 heavy (non-hydrogen) atoms. The molecule has 9 nitrogen and oxygen atoms in total. The van der Waals surface area contributed by atoms with Crippen molar-refractivity contribution in [2.75, 3.05) is 44.8 Å². The second-order valence-electron chi connectivity index (χ2n) is 11.0. The van der Waals surface area contributed by atoms with E-state index in [1.807, 2.05) is 12.3 Å². The first-order valence-electron chi connectivity index (χ1n) is 13.0. The Balaban J connectivity index is 1.18. The summed E-state index contributed by atoms with van der Waals surface area (Å²) < 4.78 is 13.2. The molecule has 1 saturated heterocycles. The molecule has 0 N–H and O–H groups in total. The summed E-state index contributed by atoms with van der Waals surface area (Å²) in [5.74, 6) is 1.61. The number of rotatable bonds is 6. The highest BCUT2D eigenvalue weighted by Crippen LogP contribution is 2.31. The fourth-order valence-electron chi connectivity index (χ4n) is 4.66. The molecule has 0 amide bonds. The van der Waals surface area contributed by atoms with Crippen LogP contribution in [0.5, 0.6) is 0 Å². The van der Waals surface area contributed by atoms with Gasteiger partial charge in [-0.05, 0) is 6.92 Å². The van der Waals surface area contributed by atoms with Crippen LogP contribution >= 0.6 is 11.3 Å². The summed E-state index contributed by atoms with van der Waals surface area (Å²) in [5, 5.41) is 4.26. The van der Waals surface area contributed by atoms with Gasteiger partial charge >= 0.3 is 0 Å². The molecule has 0 saturated carbocycles. The number of thiazole rings is 1. The van der Waals surface area contributed by atoms with Crippen molar-refractivity contribution in [2.24, 2.45) is 0 Å². The van der Waals surface area contributed by atoms with Gasteiger partial charge in [0.05, 0.1) is 25.1 Å². The SMILES string of the molecule is C[C@@H]1COCCN1CCN(C)c1ncc2c(n1)sc1nc(-c3ccc(-c4cc(C(C)(C)C)on4)cc3)cn12. The number of hydrogen-bond donors (Lipinski definition) is 0. The van der Waals surface area contributed by atoms with Crippen molar-refractivity contribution in [1.82, 2.24) is 29.4 Å². The van der Waals surface area contributed by atoms with Gasteiger partial charge in [-0.25, -0.2) is 15.0 Å². The van der Waals surface area contributed by atoms with E-state index in [0.717, 1.165) is 82.4 Å². The molecule has 0 aliphatic carbocycles. The Morgan fingerprint density at radius 1 is 1.11 bits per heavy atom. The lowest BCUT2D eigenvalue weighted by Gasteiger charge is -2.34. The van der Waals surface area contributed by atoms with Gasteiger partial charge in [-0.15, -0.1) is 0 Å². The third kappa shape index (κ3) is 4.79. The summed E-state index contributed by atoms with van der Waals surface area (Å²) in [6.45, 7) is 13.0. The van der Waals surface area contributed by atoms with Crippen molar-refractivity contribution >= 4 is 32.6 Å². The average molecular weight is 532 g/mol. The van der Waals surface area contributed by atoms with Gasteiger partial charge in [0.2, 0.25) is 5.95 Å². The van der Waals surface area contributed by atoms with Crippen LogP contribution in [0.1, 0.15) is 33.5 Å². The van der Waals surface area contributed by atoms with Crippen LogP contribution in [0.15, 0.2) is 47.2 Å². The minimum atomic E-state index is -0.0718. The first-order chi connectivity index (χ1) is 18.3. The quantitative estimate of drug-likeness (QED) is 0.299. The van der Waals surface area contributed by atoms with Gasteiger partial charge in [0.1, 0.15) is 21.8 Å². The van der Waals surface area contributed by atoms with E-state index in [0.29, 0.717) is 6.04 Å². The number of benzene rings is 1. The number of likely N-dealkylation sites (N-methyl/N-ethyl adjacent to an activating group) is 1. The Kier molecular flexibility index (Phi) is 6.41. The molecule has 1 aliphatic rings. The standard InChI is InChI=1S/C28H33N7O2S/c1-18-17-36-13-12-34(18)11-10-33(5)26-29-15-23-25(31-26)38-27-30-22(16-35(23)27)20-8-6-19(7-9-20)21-14-24(37-32-21)28(2,3)4/h6-9,14-16,18H,10-13,17H2,1-5H3/t18-/m1/s1. The highest BCUT2D eigenvalue weighted by atomic mass is 32.1. The first kappa shape index (κ1) is 25.0. The van der Waals surface area contributed by atoms with Gasteiger partial charge in [-0.3, -0.25) is 9.30 Å². The van der Waals surface area contributed by atoms with E-state index in [-0.39, 0.29) is 5.41 Å². The Hall–Kier alpha value is -3.34. The highest BCUT2D eigenvalue weighted by molar-refractivity contribution is 7.23. The molecule has 1 fully saturated rings. The summed E-state index contributed by atoms with van der Waals surface area (Å²) in [5.41, 5.74) is 4.73. The second-order valence-corrected chi connectivity index (χ2v) is 12.0. The summed E-state index contributed by atoms with van der Waals surface area (Å²) in [6.07, 6.45) is 3.96. The van der Waals surface area contributed by atoms with Crippen molar-refractivity contribution in [3.63, 3.8) is 0 Å². The number of imidazole rings is 1. The Morgan fingerprint density at radius 2 is 1.87 bits per heavy atom. The normalized spacial score (nSPS) is 17.0. The van der Waals surface area contributed by atoms with Crippen LogP contribution in [0.25, 0.3) is 37.8 Å². The molecule has 4 aromatic heterocycles. The lowest BCUT2D eigenvalue weighted by molar-refractivity contribution is 0.00123. The van der Waals surface area contributed by atoms with Gasteiger partial charge in [0, 0.05) is 61.5 Å². The van der Waals surface area contributed by atoms with Crippen LogP contribution in [0.3, 0.4) is 0 Å². The van der Waals surface area contributed by atoms with E-state index in [2.05, 4.69) is 89.5 Å². The average Bonchev–Trinajstić information content (AvgIpc) is 3.63.